The molecule has 2 nitrogen and oxygen atoms in total. The highest BCUT2D eigenvalue weighted by molar-refractivity contribution is 9.10. The maximum Gasteiger partial charge on any atom is 0.166 e. The molecule has 20 heavy (non-hydrogen) atoms. The molecule has 0 spiro atoms. The van der Waals surface area contributed by atoms with E-state index in [1.807, 2.05) is 0 Å². The van der Waals surface area contributed by atoms with Crippen LogP contribution in [0.25, 0.3) is 0 Å². The lowest BCUT2D eigenvalue weighted by atomic mass is 10.1. The maximum absolute atomic E-state index is 13.9. The molecule has 0 aliphatic carbocycles. The largest absolute Gasteiger partial charge is 0.453 e. The van der Waals surface area contributed by atoms with E-state index in [-0.39, 0.29) is 11.5 Å². The van der Waals surface area contributed by atoms with E-state index in [1.54, 1.807) is 19.1 Å². The number of ether oxygens (including phenoxy) is 1. The van der Waals surface area contributed by atoms with Crippen LogP contribution >= 0.6 is 39.1 Å². The minimum absolute atomic E-state index is 0.00897. The van der Waals surface area contributed by atoms with Crippen LogP contribution in [0.2, 0.25) is 10.0 Å². The third-order valence-corrected chi connectivity index (χ3v) is 4.13. The number of hydrogen-bond donors (Lipinski definition) is 1. The Hall–Kier alpha value is -0.810. The highest BCUT2D eigenvalue weighted by atomic mass is 79.9. The van der Waals surface area contributed by atoms with E-state index in [0.717, 1.165) is 0 Å². The van der Waals surface area contributed by atoms with Crippen LogP contribution in [0.3, 0.4) is 0 Å². The van der Waals surface area contributed by atoms with Gasteiger partial charge in [0.1, 0.15) is 5.75 Å². The van der Waals surface area contributed by atoms with Crippen molar-refractivity contribution >= 4 is 39.1 Å². The van der Waals surface area contributed by atoms with Gasteiger partial charge in [-0.15, -0.1) is 0 Å². The van der Waals surface area contributed by atoms with Gasteiger partial charge in [-0.2, -0.15) is 0 Å². The average molecular weight is 380 g/mol. The first-order valence-corrected chi connectivity index (χ1v) is 7.23. The molecule has 0 fully saturated rings. The summed E-state index contributed by atoms with van der Waals surface area (Å²) in [5.41, 5.74) is 0.467. The third-order valence-electron chi connectivity index (χ3n) is 2.63. The Morgan fingerprint density at radius 3 is 2.45 bits per heavy atom. The van der Waals surface area contributed by atoms with Gasteiger partial charge in [0.2, 0.25) is 0 Å². The van der Waals surface area contributed by atoms with Crippen LogP contribution in [0.4, 0.5) is 4.39 Å². The highest BCUT2D eigenvalue weighted by Gasteiger charge is 2.12. The molecular formula is C14H10BrCl2FO2. The quantitative estimate of drug-likeness (QED) is 0.689. The van der Waals surface area contributed by atoms with Crippen molar-refractivity contribution in [2.24, 2.45) is 0 Å². The molecule has 2 aromatic carbocycles. The van der Waals surface area contributed by atoms with Crippen LogP contribution in [0.5, 0.6) is 11.5 Å². The van der Waals surface area contributed by atoms with Crippen molar-refractivity contribution < 1.29 is 14.2 Å². The van der Waals surface area contributed by atoms with Crippen molar-refractivity contribution in [3.63, 3.8) is 0 Å². The van der Waals surface area contributed by atoms with Crippen molar-refractivity contribution in [2.75, 3.05) is 0 Å². The van der Waals surface area contributed by atoms with E-state index in [0.29, 0.717) is 20.1 Å². The molecular weight excluding hydrogens is 370 g/mol. The van der Waals surface area contributed by atoms with Crippen LogP contribution in [0, 0.1) is 5.82 Å². The Bertz CT molecular complexity index is 647. The normalized spacial score (nSPS) is 12.3. The molecule has 6 heteroatoms. The number of benzene rings is 2. The summed E-state index contributed by atoms with van der Waals surface area (Å²) in [5, 5.41) is 10.1. The van der Waals surface area contributed by atoms with Crippen LogP contribution in [0.15, 0.2) is 34.8 Å². The van der Waals surface area contributed by atoms with Gasteiger partial charge in [-0.25, -0.2) is 4.39 Å². The van der Waals surface area contributed by atoms with E-state index in [4.69, 9.17) is 27.9 Å². The summed E-state index contributed by atoms with van der Waals surface area (Å²) in [7, 11) is 0. The third kappa shape index (κ3) is 3.44. The van der Waals surface area contributed by atoms with Crippen LogP contribution in [-0.2, 0) is 0 Å². The average Bonchev–Trinajstić information content (AvgIpc) is 2.37. The fourth-order valence-electron chi connectivity index (χ4n) is 1.56. The van der Waals surface area contributed by atoms with Gasteiger partial charge < -0.3 is 9.84 Å². The molecule has 0 radical (unpaired) electrons. The molecule has 0 heterocycles. The summed E-state index contributed by atoms with van der Waals surface area (Å²) < 4.78 is 19.9. The van der Waals surface area contributed by atoms with Gasteiger partial charge in [0.15, 0.2) is 11.6 Å². The van der Waals surface area contributed by atoms with Gasteiger partial charge in [-0.1, -0.05) is 29.3 Å². The number of halogens is 4. The zero-order valence-electron chi connectivity index (χ0n) is 10.3. The molecule has 0 aliphatic heterocycles. The Kier molecular flexibility index (Phi) is 4.91. The molecule has 0 saturated heterocycles. The van der Waals surface area contributed by atoms with E-state index in [1.165, 1.54) is 18.2 Å². The highest BCUT2D eigenvalue weighted by Crippen LogP contribution is 2.37. The summed E-state index contributed by atoms with van der Waals surface area (Å²) in [6.07, 6.45) is -0.746. The molecule has 0 amide bonds. The lowest BCUT2D eigenvalue weighted by Crippen LogP contribution is -1.95. The minimum Gasteiger partial charge on any atom is -0.453 e. The maximum atomic E-state index is 13.9. The van der Waals surface area contributed by atoms with Crippen LogP contribution in [0.1, 0.15) is 18.6 Å². The number of aliphatic hydroxyl groups is 1. The number of hydrogen-bond acceptors (Lipinski definition) is 2. The molecule has 1 atom stereocenters. The summed E-state index contributed by atoms with van der Waals surface area (Å²) in [6.45, 7) is 1.56. The van der Waals surface area contributed by atoms with Crippen molar-refractivity contribution in [1.29, 1.82) is 0 Å². The van der Waals surface area contributed by atoms with Crippen molar-refractivity contribution in [2.45, 2.75) is 13.0 Å². The predicted molar refractivity (Wildman–Crippen MR) is 81.3 cm³/mol. The van der Waals surface area contributed by atoms with Gasteiger partial charge in [0.25, 0.3) is 0 Å². The molecule has 2 aromatic rings. The Balaban J connectivity index is 2.33. The Morgan fingerprint density at radius 2 is 1.85 bits per heavy atom. The Morgan fingerprint density at radius 1 is 1.15 bits per heavy atom. The first kappa shape index (κ1) is 15.6. The van der Waals surface area contributed by atoms with Gasteiger partial charge in [-0.3, -0.25) is 0 Å². The van der Waals surface area contributed by atoms with Gasteiger partial charge in [0.05, 0.1) is 16.1 Å². The van der Waals surface area contributed by atoms with E-state index in [9.17, 15) is 9.50 Å². The van der Waals surface area contributed by atoms with Gasteiger partial charge in [0, 0.05) is 10.5 Å². The van der Waals surface area contributed by atoms with E-state index >= 15 is 0 Å². The summed E-state index contributed by atoms with van der Waals surface area (Å²) in [6, 6.07) is 7.30. The fourth-order valence-corrected chi connectivity index (χ4v) is 2.39. The standard InChI is InChI=1S/C14H10BrCl2FO2/c1-7(19)8-2-3-13(12(18)4-8)20-14-6-10(16)9(15)5-11(14)17/h2-7,19H,1H3/t7-/m0/s1. The second kappa shape index (κ2) is 6.31. The van der Waals surface area contributed by atoms with E-state index < -0.39 is 11.9 Å². The lowest BCUT2D eigenvalue weighted by Gasteiger charge is -2.11. The SMILES string of the molecule is C[C@H](O)c1ccc(Oc2cc(Cl)c(Br)cc2Cl)c(F)c1. The summed E-state index contributed by atoms with van der Waals surface area (Å²) >= 11 is 15.2. The molecule has 2 rings (SSSR count). The lowest BCUT2D eigenvalue weighted by molar-refractivity contribution is 0.198. The zero-order chi connectivity index (χ0) is 14.9. The second-order valence-electron chi connectivity index (χ2n) is 4.16. The van der Waals surface area contributed by atoms with Gasteiger partial charge >= 0.3 is 0 Å². The van der Waals surface area contributed by atoms with Gasteiger partial charge in [-0.05, 0) is 46.6 Å². The fraction of sp³-hybridized carbons (Fsp3) is 0.143. The molecule has 1 N–H and O–H groups in total. The topological polar surface area (TPSA) is 29.5 Å². The van der Waals surface area contributed by atoms with Crippen molar-refractivity contribution in [3.05, 3.63) is 56.2 Å². The first-order valence-electron chi connectivity index (χ1n) is 5.68. The summed E-state index contributed by atoms with van der Waals surface area (Å²) in [4.78, 5) is 0. The minimum atomic E-state index is -0.746. The first-order chi connectivity index (χ1) is 9.38. The molecule has 0 saturated carbocycles. The number of aliphatic hydroxyl groups excluding tert-OH is 1. The smallest absolute Gasteiger partial charge is 0.166 e. The zero-order valence-corrected chi connectivity index (χ0v) is 13.4. The molecule has 0 bridgehead atoms. The molecule has 0 aromatic heterocycles. The second-order valence-corrected chi connectivity index (χ2v) is 5.83. The monoisotopic (exact) mass is 378 g/mol. The number of rotatable bonds is 3. The van der Waals surface area contributed by atoms with Crippen LogP contribution < -0.4 is 4.74 Å². The van der Waals surface area contributed by atoms with Crippen LogP contribution in [-0.4, -0.2) is 5.11 Å². The molecule has 106 valence electrons. The Labute approximate surface area is 134 Å². The predicted octanol–water partition coefficient (Wildman–Crippen LogP) is 5.74. The molecule has 0 aliphatic rings. The molecule has 0 unspecified atom stereocenters. The summed E-state index contributed by atoms with van der Waals surface area (Å²) in [5.74, 6) is -0.322. The van der Waals surface area contributed by atoms with Crippen molar-refractivity contribution in [3.8, 4) is 11.5 Å². The van der Waals surface area contributed by atoms with Crippen molar-refractivity contribution in [1.82, 2.24) is 0 Å². The van der Waals surface area contributed by atoms with E-state index in [2.05, 4.69) is 15.9 Å².